The number of hydrogen-bond donors (Lipinski definition) is 1. The second-order valence-electron chi connectivity index (χ2n) is 10.8. The van der Waals surface area contributed by atoms with E-state index in [0.717, 1.165) is 15.4 Å². The zero-order valence-corrected chi connectivity index (χ0v) is 26.4. The van der Waals surface area contributed by atoms with Gasteiger partial charge in [-0.1, -0.05) is 77.8 Å². The van der Waals surface area contributed by atoms with E-state index in [1.807, 2.05) is 37.3 Å². The molecule has 1 N–H and O–H groups in total. The molecule has 0 aromatic heterocycles. The highest BCUT2D eigenvalue weighted by Crippen LogP contribution is 2.27. The van der Waals surface area contributed by atoms with Crippen LogP contribution < -0.4 is 9.62 Å². The van der Waals surface area contributed by atoms with E-state index in [0.29, 0.717) is 5.02 Å². The van der Waals surface area contributed by atoms with E-state index in [-0.39, 0.29) is 35.2 Å². The van der Waals surface area contributed by atoms with E-state index in [1.54, 1.807) is 32.0 Å². The van der Waals surface area contributed by atoms with Gasteiger partial charge < -0.3 is 10.2 Å². The van der Waals surface area contributed by atoms with Gasteiger partial charge in [0, 0.05) is 29.6 Å². The zero-order chi connectivity index (χ0) is 31.9. The van der Waals surface area contributed by atoms with Gasteiger partial charge in [0.2, 0.25) is 11.8 Å². The van der Waals surface area contributed by atoms with Gasteiger partial charge in [-0.2, -0.15) is 0 Å². The molecule has 0 aliphatic rings. The van der Waals surface area contributed by atoms with Crippen molar-refractivity contribution in [2.24, 2.45) is 0 Å². The maximum absolute atomic E-state index is 15.0. The van der Waals surface area contributed by atoms with E-state index in [9.17, 15) is 22.4 Å². The van der Waals surface area contributed by atoms with E-state index in [1.165, 1.54) is 59.5 Å². The fourth-order valence-electron chi connectivity index (χ4n) is 4.72. The first kappa shape index (κ1) is 32.7. The lowest BCUT2D eigenvalue weighted by molar-refractivity contribution is -0.140. The fourth-order valence-corrected chi connectivity index (χ4v) is 6.26. The summed E-state index contributed by atoms with van der Waals surface area (Å²) in [6.45, 7) is 4.54. The molecule has 2 amide bonds. The van der Waals surface area contributed by atoms with Crippen molar-refractivity contribution in [2.45, 2.75) is 50.7 Å². The van der Waals surface area contributed by atoms with Crippen LogP contribution in [0.15, 0.2) is 108 Å². The first-order valence-electron chi connectivity index (χ1n) is 14.2. The molecule has 4 rings (SSSR count). The van der Waals surface area contributed by atoms with Crippen molar-refractivity contribution in [3.8, 4) is 0 Å². The number of nitrogens with one attached hydrogen (secondary N) is 1. The zero-order valence-electron chi connectivity index (χ0n) is 24.8. The summed E-state index contributed by atoms with van der Waals surface area (Å²) in [5.41, 5.74) is 2.05. The number of amides is 2. The number of halogens is 2. The lowest BCUT2D eigenvalue weighted by Crippen LogP contribution is -2.54. The molecule has 4 aromatic rings. The van der Waals surface area contributed by atoms with Crippen LogP contribution in [0.4, 0.5) is 10.1 Å². The van der Waals surface area contributed by atoms with Gasteiger partial charge in [-0.25, -0.2) is 12.8 Å². The molecule has 7 nitrogen and oxygen atoms in total. The van der Waals surface area contributed by atoms with Crippen LogP contribution in [0.3, 0.4) is 0 Å². The van der Waals surface area contributed by atoms with Crippen LogP contribution in [-0.2, 0) is 32.6 Å². The highest BCUT2D eigenvalue weighted by atomic mass is 35.5. The second kappa shape index (κ2) is 14.5. The number of rotatable bonds is 12. The summed E-state index contributed by atoms with van der Waals surface area (Å²) in [6, 6.07) is 26.2. The molecule has 0 radical (unpaired) electrons. The van der Waals surface area contributed by atoms with Crippen molar-refractivity contribution in [3.63, 3.8) is 0 Å². The highest BCUT2D eigenvalue weighted by molar-refractivity contribution is 7.92. The summed E-state index contributed by atoms with van der Waals surface area (Å²) in [5, 5.41) is 3.27. The summed E-state index contributed by atoms with van der Waals surface area (Å²) in [4.78, 5) is 29.3. The molecule has 0 aliphatic heterocycles. The Kier molecular flexibility index (Phi) is 10.8. The summed E-state index contributed by atoms with van der Waals surface area (Å²) >= 11 is 6.10. The van der Waals surface area contributed by atoms with Gasteiger partial charge >= 0.3 is 0 Å². The molecule has 230 valence electrons. The molecule has 0 spiro atoms. The predicted molar refractivity (Wildman–Crippen MR) is 171 cm³/mol. The van der Waals surface area contributed by atoms with Crippen LogP contribution in [0.25, 0.3) is 0 Å². The Morgan fingerprint density at radius 1 is 0.864 bits per heavy atom. The normalized spacial score (nSPS) is 12.0. The molecule has 0 saturated carbocycles. The minimum Gasteiger partial charge on any atom is -0.352 e. The molecule has 0 saturated heterocycles. The van der Waals surface area contributed by atoms with Gasteiger partial charge in [-0.3, -0.25) is 13.9 Å². The maximum atomic E-state index is 15.0. The molecule has 0 unspecified atom stereocenters. The van der Waals surface area contributed by atoms with Crippen molar-refractivity contribution >= 4 is 39.1 Å². The Labute approximate surface area is 263 Å². The average molecular weight is 636 g/mol. The fraction of sp³-hybridized carbons (Fsp3) is 0.235. The van der Waals surface area contributed by atoms with Gasteiger partial charge in [0.05, 0.1) is 10.6 Å². The Hall–Kier alpha value is -4.21. The third-order valence-electron chi connectivity index (χ3n) is 7.00. The van der Waals surface area contributed by atoms with Crippen molar-refractivity contribution in [1.29, 1.82) is 0 Å². The van der Waals surface area contributed by atoms with Crippen molar-refractivity contribution in [3.05, 3.63) is 131 Å². The molecule has 10 heteroatoms. The molecule has 0 fully saturated rings. The van der Waals surface area contributed by atoms with Gasteiger partial charge in [0.25, 0.3) is 10.0 Å². The van der Waals surface area contributed by atoms with Crippen LogP contribution >= 0.6 is 11.6 Å². The number of nitrogens with zero attached hydrogens (tertiary/aromatic N) is 2. The molecular weight excluding hydrogens is 601 g/mol. The minimum absolute atomic E-state index is 0.00936. The number of carbonyl (C=O) groups is 2. The number of aryl methyl sites for hydroxylation is 1. The van der Waals surface area contributed by atoms with Crippen molar-refractivity contribution < 1.29 is 22.4 Å². The van der Waals surface area contributed by atoms with Gasteiger partial charge in [-0.15, -0.1) is 0 Å². The van der Waals surface area contributed by atoms with Crippen LogP contribution in [-0.4, -0.2) is 43.8 Å². The number of hydrogen-bond acceptors (Lipinski definition) is 4. The van der Waals surface area contributed by atoms with Gasteiger partial charge in [-0.05, 0) is 68.8 Å². The third-order valence-corrected chi connectivity index (χ3v) is 9.04. The quantitative estimate of drug-likeness (QED) is 0.202. The molecule has 0 bridgehead atoms. The van der Waals surface area contributed by atoms with E-state index in [2.05, 4.69) is 5.32 Å². The smallest absolute Gasteiger partial charge is 0.264 e. The Balaban J connectivity index is 1.81. The monoisotopic (exact) mass is 635 g/mol. The number of anilines is 1. The molecule has 0 aliphatic carbocycles. The molecule has 1 atom stereocenters. The summed E-state index contributed by atoms with van der Waals surface area (Å²) in [7, 11) is -4.25. The standard InChI is InChI=1S/C34H35ClFN3O4S/c1-24(2)37-34(41)32(21-26-9-5-4-6-10-26)38(22-27-11-7-8-12-31(27)36)33(40)23-39(29-17-15-28(35)16-18-29)44(42,43)30-19-13-25(3)14-20-30/h4-20,24,32H,21-23H2,1-3H3,(H,37,41)/t32-/m0/s1. The van der Waals surface area contributed by atoms with Crippen molar-refractivity contribution in [2.75, 3.05) is 10.8 Å². The minimum atomic E-state index is -4.25. The van der Waals surface area contributed by atoms with Crippen LogP contribution in [0.2, 0.25) is 5.02 Å². The second-order valence-corrected chi connectivity index (χ2v) is 13.1. The Morgan fingerprint density at radius 3 is 2.09 bits per heavy atom. The predicted octanol–water partition coefficient (Wildman–Crippen LogP) is 6.15. The summed E-state index contributed by atoms with van der Waals surface area (Å²) in [5.74, 6) is -1.67. The number of sulfonamides is 1. The first-order valence-corrected chi connectivity index (χ1v) is 16.0. The van der Waals surface area contributed by atoms with Crippen molar-refractivity contribution in [1.82, 2.24) is 10.2 Å². The molecule has 4 aromatic carbocycles. The maximum Gasteiger partial charge on any atom is 0.264 e. The molecular formula is C34H35ClFN3O4S. The van der Waals surface area contributed by atoms with E-state index < -0.39 is 40.2 Å². The number of carbonyl (C=O) groups excluding carboxylic acids is 2. The number of benzene rings is 4. The summed E-state index contributed by atoms with van der Waals surface area (Å²) < 4.78 is 44.0. The topological polar surface area (TPSA) is 86.8 Å². The highest BCUT2D eigenvalue weighted by Gasteiger charge is 2.35. The van der Waals surface area contributed by atoms with Crippen LogP contribution in [0.1, 0.15) is 30.5 Å². The Morgan fingerprint density at radius 2 is 1.48 bits per heavy atom. The third kappa shape index (κ3) is 8.24. The summed E-state index contributed by atoms with van der Waals surface area (Å²) in [6.07, 6.45) is 0.130. The Bertz CT molecular complexity index is 1680. The molecule has 44 heavy (non-hydrogen) atoms. The van der Waals surface area contributed by atoms with Gasteiger partial charge in [0.15, 0.2) is 0 Å². The van der Waals surface area contributed by atoms with E-state index in [4.69, 9.17) is 11.6 Å². The molecule has 0 heterocycles. The van der Waals surface area contributed by atoms with Gasteiger partial charge in [0.1, 0.15) is 18.4 Å². The average Bonchev–Trinajstić information content (AvgIpc) is 2.99. The van der Waals surface area contributed by atoms with E-state index >= 15 is 0 Å². The van der Waals surface area contributed by atoms with Crippen LogP contribution in [0.5, 0.6) is 0 Å². The SMILES string of the molecule is Cc1ccc(S(=O)(=O)N(CC(=O)N(Cc2ccccc2F)[C@@H](Cc2ccccc2)C(=O)NC(C)C)c2ccc(Cl)cc2)cc1. The first-order chi connectivity index (χ1) is 21.0. The largest absolute Gasteiger partial charge is 0.352 e. The van der Waals surface area contributed by atoms with Crippen LogP contribution in [0, 0.1) is 12.7 Å². The lowest BCUT2D eigenvalue weighted by Gasteiger charge is -2.34. The lowest BCUT2D eigenvalue weighted by atomic mass is 10.0.